The van der Waals surface area contributed by atoms with Crippen LogP contribution in [0.15, 0.2) is 10.6 Å². The van der Waals surface area contributed by atoms with Crippen molar-refractivity contribution >= 4 is 5.91 Å². The first-order valence-corrected chi connectivity index (χ1v) is 8.15. The van der Waals surface area contributed by atoms with E-state index in [9.17, 15) is 4.79 Å². The first-order valence-electron chi connectivity index (χ1n) is 8.15. The van der Waals surface area contributed by atoms with Crippen molar-refractivity contribution in [3.63, 3.8) is 0 Å². The Balaban J connectivity index is 1.69. The molecule has 2 heterocycles. The number of carbonyl (C=O) groups is 1. The molecular weight excluding hydrogens is 266 g/mol. The molecule has 0 spiro atoms. The summed E-state index contributed by atoms with van der Waals surface area (Å²) in [7, 11) is 0. The second-order valence-electron chi connectivity index (χ2n) is 6.50. The molecule has 2 fully saturated rings. The van der Waals surface area contributed by atoms with Crippen molar-refractivity contribution in [3.05, 3.63) is 17.5 Å². The average Bonchev–Trinajstić information content (AvgIpc) is 3.18. The smallest absolute Gasteiger partial charge is 0.292 e. The summed E-state index contributed by atoms with van der Waals surface area (Å²) in [6.07, 6.45) is 4.27. The normalized spacial score (nSPS) is 28.4. The van der Waals surface area contributed by atoms with Crippen LogP contribution in [0, 0.1) is 11.8 Å². The standard InChI is InChI=1S/C16H25N3O2/c1-3-10(4-2)14-7-15(21-18-14)16(20)19-8-11-5-6-13(17)12(11)9-19/h7,10-13H,3-6,8-9,17H2,1-2H3. The predicted octanol–water partition coefficient (Wildman–Crippen LogP) is 2.39. The lowest BCUT2D eigenvalue weighted by Gasteiger charge is -2.17. The van der Waals surface area contributed by atoms with Gasteiger partial charge in [-0.1, -0.05) is 19.0 Å². The van der Waals surface area contributed by atoms with E-state index in [-0.39, 0.29) is 11.9 Å². The molecule has 116 valence electrons. The van der Waals surface area contributed by atoms with Gasteiger partial charge in [-0.25, -0.2) is 0 Å². The highest BCUT2D eigenvalue weighted by Gasteiger charge is 2.43. The van der Waals surface area contributed by atoms with Crippen LogP contribution in [0.4, 0.5) is 0 Å². The predicted molar refractivity (Wildman–Crippen MR) is 79.9 cm³/mol. The van der Waals surface area contributed by atoms with E-state index in [0.717, 1.165) is 44.5 Å². The minimum atomic E-state index is -0.0266. The third-order valence-electron chi connectivity index (χ3n) is 5.34. The summed E-state index contributed by atoms with van der Waals surface area (Å²) in [6.45, 7) is 5.85. The highest BCUT2D eigenvalue weighted by molar-refractivity contribution is 5.91. The molecule has 0 aromatic carbocycles. The van der Waals surface area contributed by atoms with E-state index < -0.39 is 0 Å². The van der Waals surface area contributed by atoms with Crippen LogP contribution in [0.3, 0.4) is 0 Å². The Labute approximate surface area is 125 Å². The van der Waals surface area contributed by atoms with Crippen molar-refractivity contribution in [3.8, 4) is 0 Å². The topological polar surface area (TPSA) is 72.4 Å². The summed E-state index contributed by atoms with van der Waals surface area (Å²) >= 11 is 0. The van der Waals surface area contributed by atoms with Gasteiger partial charge < -0.3 is 15.2 Å². The van der Waals surface area contributed by atoms with Gasteiger partial charge in [-0.15, -0.1) is 0 Å². The molecule has 0 radical (unpaired) electrons. The lowest BCUT2D eigenvalue weighted by atomic mass is 9.98. The van der Waals surface area contributed by atoms with Crippen LogP contribution >= 0.6 is 0 Å². The minimum Gasteiger partial charge on any atom is -0.351 e. The maximum absolute atomic E-state index is 12.5. The van der Waals surface area contributed by atoms with Gasteiger partial charge in [0, 0.05) is 31.1 Å². The fourth-order valence-electron chi connectivity index (χ4n) is 3.92. The van der Waals surface area contributed by atoms with Gasteiger partial charge in [-0.3, -0.25) is 4.79 Å². The second-order valence-corrected chi connectivity index (χ2v) is 6.50. The molecule has 5 heteroatoms. The number of nitrogens with two attached hydrogens (primary N) is 1. The van der Waals surface area contributed by atoms with Crippen molar-refractivity contribution < 1.29 is 9.32 Å². The average molecular weight is 291 g/mol. The van der Waals surface area contributed by atoms with Crippen molar-refractivity contribution in [2.45, 2.75) is 51.5 Å². The number of rotatable bonds is 4. The van der Waals surface area contributed by atoms with Crippen molar-refractivity contribution in [2.75, 3.05) is 13.1 Å². The molecule has 2 aliphatic rings. The van der Waals surface area contributed by atoms with Crippen LogP contribution in [0.1, 0.15) is 61.7 Å². The van der Waals surface area contributed by atoms with E-state index in [2.05, 4.69) is 19.0 Å². The molecule has 5 nitrogen and oxygen atoms in total. The zero-order valence-corrected chi connectivity index (χ0v) is 12.9. The van der Waals surface area contributed by atoms with Crippen molar-refractivity contribution in [1.29, 1.82) is 0 Å². The monoisotopic (exact) mass is 291 g/mol. The Kier molecular flexibility index (Phi) is 4.02. The van der Waals surface area contributed by atoms with Crippen molar-refractivity contribution in [2.24, 2.45) is 17.6 Å². The Morgan fingerprint density at radius 2 is 2.19 bits per heavy atom. The van der Waals surface area contributed by atoms with Gasteiger partial charge >= 0.3 is 0 Å². The molecule has 1 saturated carbocycles. The van der Waals surface area contributed by atoms with Crippen LogP contribution in [0.25, 0.3) is 0 Å². The number of amides is 1. The maximum atomic E-state index is 12.5. The van der Waals surface area contributed by atoms with Crippen LogP contribution in [0.2, 0.25) is 0 Å². The summed E-state index contributed by atoms with van der Waals surface area (Å²) in [5.74, 6) is 1.77. The van der Waals surface area contributed by atoms with Gasteiger partial charge in [0.2, 0.25) is 5.76 Å². The van der Waals surface area contributed by atoms with E-state index in [4.69, 9.17) is 10.3 Å². The van der Waals surface area contributed by atoms with E-state index in [1.807, 2.05) is 11.0 Å². The van der Waals surface area contributed by atoms with E-state index >= 15 is 0 Å². The highest BCUT2D eigenvalue weighted by Crippen LogP contribution is 2.37. The fourth-order valence-corrected chi connectivity index (χ4v) is 3.92. The van der Waals surface area contributed by atoms with Gasteiger partial charge in [-0.2, -0.15) is 0 Å². The molecule has 3 unspecified atom stereocenters. The Morgan fingerprint density at radius 1 is 1.43 bits per heavy atom. The zero-order chi connectivity index (χ0) is 15.0. The number of nitrogens with zero attached hydrogens (tertiary/aromatic N) is 2. The lowest BCUT2D eigenvalue weighted by Crippen LogP contribution is -2.33. The quantitative estimate of drug-likeness (QED) is 0.924. The fraction of sp³-hybridized carbons (Fsp3) is 0.750. The molecule has 21 heavy (non-hydrogen) atoms. The van der Waals surface area contributed by atoms with Crippen LogP contribution in [-0.4, -0.2) is 35.1 Å². The van der Waals surface area contributed by atoms with E-state index in [0.29, 0.717) is 23.5 Å². The molecule has 1 amide bonds. The van der Waals surface area contributed by atoms with Gasteiger partial charge in [0.25, 0.3) is 5.91 Å². The van der Waals surface area contributed by atoms with E-state index in [1.54, 1.807) is 0 Å². The largest absolute Gasteiger partial charge is 0.351 e. The summed E-state index contributed by atoms with van der Waals surface area (Å²) < 4.78 is 5.30. The molecule has 1 saturated heterocycles. The Morgan fingerprint density at radius 3 is 2.86 bits per heavy atom. The van der Waals surface area contributed by atoms with Crippen LogP contribution < -0.4 is 5.73 Å². The summed E-state index contributed by atoms with van der Waals surface area (Å²) in [4.78, 5) is 14.4. The third-order valence-corrected chi connectivity index (χ3v) is 5.34. The number of likely N-dealkylation sites (tertiary alicyclic amines) is 1. The number of fused-ring (bicyclic) bond motifs is 1. The SMILES string of the molecule is CCC(CC)c1cc(C(=O)N2CC3CCC(N)C3C2)on1. The first kappa shape index (κ1) is 14.6. The molecule has 1 aliphatic carbocycles. The van der Waals surface area contributed by atoms with Gasteiger partial charge in [-0.05, 0) is 37.5 Å². The molecule has 3 atom stereocenters. The number of hydrogen-bond acceptors (Lipinski definition) is 4. The van der Waals surface area contributed by atoms with E-state index in [1.165, 1.54) is 0 Å². The number of carbonyl (C=O) groups excluding carboxylic acids is 1. The molecule has 2 N–H and O–H groups in total. The molecular formula is C16H25N3O2. The molecule has 0 bridgehead atoms. The zero-order valence-electron chi connectivity index (χ0n) is 12.9. The summed E-state index contributed by atoms with van der Waals surface area (Å²) in [6, 6.07) is 2.08. The van der Waals surface area contributed by atoms with Crippen LogP contribution in [0.5, 0.6) is 0 Å². The highest BCUT2D eigenvalue weighted by atomic mass is 16.5. The molecule has 1 aliphatic heterocycles. The number of aromatic nitrogens is 1. The Bertz CT molecular complexity index is 509. The minimum absolute atomic E-state index is 0.0266. The van der Waals surface area contributed by atoms with Gasteiger partial charge in [0.15, 0.2) is 0 Å². The van der Waals surface area contributed by atoms with Crippen LogP contribution in [-0.2, 0) is 0 Å². The van der Waals surface area contributed by atoms with Gasteiger partial charge in [0.1, 0.15) is 0 Å². The molecule has 3 rings (SSSR count). The summed E-state index contributed by atoms with van der Waals surface area (Å²) in [5, 5.41) is 4.09. The third kappa shape index (κ3) is 2.59. The number of hydrogen-bond donors (Lipinski definition) is 1. The Hall–Kier alpha value is -1.36. The van der Waals surface area contributed by atoms with Crippen molar-refractivity contribution in [1.82, 2.24) is 10.1 Å². The molecule has 1 aromatic rings. The summed E-state index contributed by atoms with van der Waals surface area (Å²) in [5.41, 5.74) is 7.03. The second kappa shape index (κ2) is 5.79. The lowest BCUT2D eigenvalue weighted by molar-refractivity contribution is 0.0738. The molecule has 1 aromatic heterocycles. The maximum Gasteiger partial charge on any atom is 0.292 e. The van der Waals surface area contributed by atoms with Gasteiger partial charge in [0.05, 0.1) is 5.69 Å². The first-order chi connectivity index (χ1) is 10.1.